The van der Waals surface area contributed by atoms with Crippen LogP contribution in [0.2, 0.25) is 0 Å². The van der Waals surface area contributed by atoms with Gasteiger partial charge in [-0.05, 0) is 49.4 Å². The Kier molecular flexibility index (Phi) is 60.3. The standard InChI is InChI=1S/C72H140O17P2/c1-9-65(8)51-43-35-30-31-37-45-53-70(75)83-59-68(89-71(76)54-46-38-28-22-15-11-13-19-25-33-41-49-63(4)5)61-87-91(80,81)85-57-66(73)56-84-90(78,79)86-60-67(88-72(77)55-47-39-29-23-17-16-20-26-34-42-50-64(6)7)58-82-69(74)52-44-36-27-21-14-10-12-18-24-32-40-48-62(2)3/h62-68,73H,9-61H2,1-8H3,(H,78,79)(H,80,81)/t65?,66-,67-,68-/m1/s1. The zero-order valence-corrected chi connectivity index (χ0v) is 61.3. The second-order valence-electron chi connectivity index (χ2n) is 27.6. The van der Waals surface area contributed by atoms with E-state index in [-0.39, 0.29) is 25.7 Å². The summed E-state index contributed by atoms with van der Waals surface area (Å²) in [6.07, 6.45) is 44.4. The first-order valence-corrected chi connectivity index (χ1v) is 40.2. The number of carbonyl (C=O) groups is 4. The van der Waals surface area contributed by atoms with Crippen LogP contribution in [0, 0.1) is 23.7 Å². The van der Waals surface area contributed by atoms with E-state index in [1.165, 1.54) is 154 Å². The molecule has 0 rings (SSSR count). The van der Waals surface area contributed by atoms with Gasteiger partial charge in [0.2, 0.25) is 0 Å². The van der Waals surface area contributed by atoms with E-state index in [0.29, 0.717) is 25.7 Å². The molecule has 0 heterocycles. The summed E-state index contributed by atoms with van der Waals surface area (Å²) in [5, 5.41) is 10.6. The zero-order valence-electron chi connectivity index (χ0n) is 59.5. The summed E-state index contributed by atoms with van der Waals surface area (Å²) in [7, 11) is -9.91. The fourth-order valence-electron chi connectivity index (χ4n) is 10.8. The smallest absolute Gasteiger partial charge is 0.462 e. The van der Waals surface area contributed by atoms with Crippen molar-refractivity contribution in [2.75, 3.05) is 39.6 Å². The first-order valence-electron chi connectivity index (χ1n) is 37.2. The number of unbranched alkanes of at least 4 members (excludes halogenated alkanes) is 34. The molecule has 3 N–H and O–H groups in total. The van der Waals surface area contributed by atoms with Gasteiger partial charge in [-0.1, -0.05) is 306 Å². The van der Waals surface area contributed by atoms with Crippen LogP contribution >= 0.6 is 15.6 Å². The number of ether oxygens (including phenoxy) is 4. The molecule has 0 aromatic heterocycles. The van der Waals surface area contributed by atoms with Crippen LogP contribution in [0.3, 0.4) is 0 Å². The first kappa shape index (κ1) is 89.1. The highest BCUT2D eigenvalue weighted by molar-refractivity contribution is 7.47. The summed E-state index contributed by atoms with van der Waals surface area (Å²) in [5.74, 6) is 0.892. The molecular formula is C72H140O17P2. The van der Waals surface area contributed by atoms with E-state index in [0.717, 1.165) is 120 Å². The SMILES string of the molecule is CCC(C)CCCCCCCCC(=O)OC[C@H](COP(=O)(O)OC[C@H](O)COP(=O)(O)OC[C@@H](COC(=O)CCCCCCCCCCCCCC(C)C)OC(=O)CCCCCCCCCCCCC(C)C)OC(=O)CCCCCCCCCCCCCC(C)C. The van der Waals surface area contributed by atoms with E-state index in [4.69, 9.17) is 37.0 Å². The van der Waals surface area contributed by atoms with Gasteiger partial charge in [0, 0.05) is 25.7 Å². The third-order valence-corrected chi connectivity index (χ3v) is 18.8. The number of rotatable bonds is 69. The molecule has 0 bridgehead atoms. The van der Waals surface area contributed by atoms with Gasteiger partial charge >= 0.3 is 39.5 Å². The Bertz CT molecular complexity index is 1800. The van der Waals surface area contributed by atoms with Crippen molar-refractivity contribution in [2.45, 2.75) is 375 Å². The van der Waals surface area contributed by atoms with E-state index in [2.05, 4.69) is 55.4 Å². The molecule has 0 aromatic rings. The molecule has 0 saturated heterocycles. The van der Waals surface area contributed by atoms with Gasteiger partial charge in [0.15, 0.2) is 12.2 Å². The molecule has 91 heavy (non-hydrogen) atoms. The van der Waals surface area contributed by atoms with Crippen LogP contribution in [0.25, 0.3) is 0 Å². The average molecular weight is 1340 g/mol. The third-order valence-electron chi connectivity index (χ3n) is 16.9. The van der Waals surface area contributed by atoms with E-state index in [1.807, 2.05) is 0 Å². The van der Waals surface area contributed by atoms with Gasteiger partial charge in [0.05, 0.1) is 26.4 Å². The lowest BCUT2D eigenvalue weighted by atomic mass is 10.00. The van der Waals surface area contributed by atoms with Crippen molar-refractivity contribution < 1.29 is 80.2 Å². The molecule has 0 aliphatic carbocycles. The Labute approximate surface area is 556 Å². The predicted molar refractivity (Wildman–Crippen MR) is 367 cm³/mol. The molecule has 6 atom stereocenters. The topological polar surface area (TPSA) is 237 Å². The highest BCUT2D eigenvalue weighted by Crippen LogP contribution is 2.45. The number of hydrogen-bond acceptors (Lipinski definition) is 15. The van der Waals surface area contributed by atoms with Crippen LogP contribution in [0.4, 0.5) is 0 Å². The van der Waals surface area contributed by atoms with Gasteiger partial charge in [-0.2, -0.15) is 0 Å². The predicted octanol–water partition coefficient (Wildman–Crippen LogP) is 20.5. The highest BCUT2D eigenvalue weighted by Gasteiger charge is 2.30. The van der Waals surface area contributed by atoms with Crippen LogP contribution in [0.15, 0.2) is 0 Å². The minimum absolute atomic E-state index is 0.105. The maximum Gasteiger partial charge on any atom is 0.472 e. The molecular weight excluding hydrogens is 1200 g/mol. The zero-order chi connectivity index (χ0) is 67.5. The lowest BCUT2D eigenvalue weighted by molar-refractivity contribution is -0.161. The van der Waals surface area contributed by atoms with Crippen LogP contribution in [0.1, 0.15) is 357 Å². The lowest BCUT2D eigenvalue weighted by Crippen LogP contribution is -2.30. The van der Waals surface area contributed by atoms with Gasteiger partial charge < -0.3 is 33.8 Å². The molecule has 0 aliphatic rings. The first-order chi connectivity index (χ1) is 43.6. The minimum Gasteiger partial charge on any atom is -0.462 e. The quantitative estimate of drug-likeness (QED) is 0.0222. The molecule has 0 fully saturated rings. The van der Waals surface area contributed by atoms with E-state index in [9.17, 15) is 43.2 Å². The Morgan fingerprint density at radius 3 is 0.780 bits per heavy atom. The highest BCUT2D eigenvalue weighted by atomic mass is 31.2. The number of phosphoric ester groups is 2. The molecule has 0 radical (unpaired) electrons. The van der Waals surface area contributed by atoms with E-state index < -0.39 is 97.5 Å². The van der Waals surface area contributed by atoms with Crippen LogP contribution in [-0.2, 0) is 65.4 Å². The Hall–Kier alpha value is -1.94. The Balaban J connectivity index is 5.27. The molecule has 0 aromatic carbocycles. The molecule has 17 nitrogen and oxygen atoms in total. The van der Waals surface area contributed by atoms with Gasteiger partial charge in [-0.15, -0.1) is 0 Å². The van der Waals surface area contributed by atoms with Gasteiger partial charge in [0.1, 0.15) is 19.3 Å². The maximum absolute atomic E-state index is 13.0. The normalized spacial score (nSPS) is 14.5. The van der Waals surface area contributed by atoms with Crippen molar-refractivity contribution in [1.82, 2.24) is 0 Å². The monoisotopic (exact) mass is 1340 g/mol. The second-order valence-corrected chi connectivity index (χ2v) is 30.6. The van der Waals surface area contributed by atoms with Crippen molar-refractivity contribution in [3.05, 3.63) is 0 Å². The molecule has 540 valence electrons. The van der Waals surface area contributed by atoms with E-state index in [1.54, 1.807) is 0 Å². The molecule has 3 unspecified atom stereocenters. The second kappa shape index (κ2) is 61.6. The summed E-state index contributed by atoms with van der Waals surface area (Å²) in [6.45, 7) is 14.1. The van der Waals surface area contributed by atoms with Crippen molar-refractivity contribution in [3.8, 4) is 0 Å². The number of hydrogen-bond donors (Lipinski definition) is 3. The number of aliphatic hydroxyl groups is 1. The van der Waals surface area contributed by atoms with Gasteiger partial charge in [0.25, 0.3) is 0 Å². The minimum atomic E-state index is -4.95. The number of aliphatic hydroxyl groups excluding tert-OH is 1. The fourth-order valence-corrected chi connectivity index (χ4v) is 12.4. The molecule has 0 saturated carbocycles. The number of esters is 4. The summed E-state index contributed by atoms with van der Waals surface area (Å²) >= 11 is 0. The van der Waals surface area contributed by atoms with Crippen LogP contribution in [-0.4, -0.2) is 96.7 Å². The van der Waals surface area contributed by atoms with E-state index >= 15 is 0 Å². The molecule has 0 aliphatic heterocycles. The van der Waals surface area contributed by atoms with Crippen LogP contribution in [0.5, 0.6) is 0 Å². The Morgan fingerprint density at radius 2 is 0.527 bits per heavy atom. The summed E-state index contributed by atoms with van der Waals surface area (Å²) < 4.78 is 68.4. The lowest BCUT2D eigenvalue weighted by Gasteiger charge is -2.21. The van der Waals surface area contributed by atoms with Gasteiger partial charge in [-0.25, -0.2) is 9.13 Å². The largest absolute Gasteiger partial charge is 0.472 e. The number of carbonyl (C=O) groups excluding carboxylic acids is 4. The Morgan fingerprint density at radius 1 is 0.308 bits per heavy atom. The number of phosphoric acid groups is 2. The molecule has 19 heteroatoms. The summed E-state index contributed by atoms with van der Waals surface area (Å²) in [4.78, 5) is 72.6. The molecule has 0 amide bonds. The summed E-state index contributed by atoms with van der Waals surface area (Å²) in [5.41, 5.74) is 0. The summed E-state index contributed by atoms with van der Waals surface area (Å²) in [6, 6.07) is 0. The van der Waals surface area contributed by atoms with Crippen molar-refractivity contribution in [3.63, 3.8) is 0 Å². The van der Waals surface area contributed by atoms with Gasteiger partial charge in [-0.3, -0.25) is 37.3 Å². The van der Waals surface area contributed by atoms with Crippen LogP contribution < -0.4 is 0 Å². The fraction of sp³-hybridized carbons (Fsp3) is 0.944. The third kappa shape index (κ3) is 65.1. The maximum atomic E-state index is 13.0. The van der Waals surface area contributed by atoms with Crippen molar-refractivity contribution >= 4 is 39.5 Å². The van der Waals surface area contributed by atoms with Crippen molar-refractivity contribution in [2.24, 2.45) is 23.7 Å². The van der Waals surface area contributed by atoms with Crippen molar-refractivity contribution in [1.29, 1.82) is 0 Å². The average Bonchev–Trinajstić information content (AvgIpc) is 3.58. The molecule has 0 spiro atoms.